The van der Waals surface area contributed by atoms with Crippen molar-refractivity contribution in [3.8, 4) is 0 Å². The number of nitrogens with zero attached hydrogens (tertiary/aromatic N) is 1. The number of unbranched alkanes of at least 4 members (excludes halogenated alkanes) is 1. The van der Waals surface area contributed by atoms with Crippen LogP contribution in [0.1, 0.15) is 19.3 Å². The first-order valence-electron chi connectivity index (χ1n) is 6.43. The molecular weight excluding hydrogens is 204 g/mol. The van der Waals surface area contributed by atoms with Crippen LogP contribution in [0.5, 0.6) is 0 Å². The summed E-state index contributed by atoms with van der Waals surface area (Å²) in [7, 11) is 1.76. The maximum absolute atomic E-state index is 5.31. The highest BCUT2D eigenvalue weighted by molar-refractivity contribution is 4.62. The molecule has 16 heavy (non-hydrogen) atoms. The fraction of sp³-hybridized carbons (Fsp3) is 1.00. The number of ether oxygens (including phenoxy) is 2. The van der Waals surface area contributed by atoms with Gasteiger partial charge < -0.3 is 14.8 Å². The first kappa shape index (κ1) is 13.9. The Morgan fingerprint density at radius 1 is 1.12 bits per heavy atom. The molecule has 0 aromatic rings. The van der Waals surface area contributed by atoms with Crippen molar-refractivity contribution in [3.05, 3.63) is 0 Å². The lowest BCUT2D eigenvalue weighted by atomic mass is 10.3. The molecule has 4 heteroatoms. The summed E-state index contributed by atoms with van der Waals surface area (Å²) >= 11 is 0. The van der Waals surface area contributed by atoms with Gasteiger partial charge >= 0.3 is 0 Å². The molecule has 0 saturated carbocycles. The normalized spacial score (nSPS) is 17.8. The van der Waals surface area contributed by atoms with Crippen LogP contribution in [0.4, 0.5) is 0 Å². The van der Waals surface area contributed by atoms with Gasteiger partial charge in [0.05, 0.1) is 13.2 Å². The Hall–Kier alpha value is -0.160. The highest BCUT2D eigenvalue weighted by atomic mass is 16.5. The second kappa shape index (κ2) is 10.0. The van der Waals surface area contributed by atoms with Crippen LogP contribution >= 0.6 is 0 Å². The standard InChI is InChI=1S/C12H26N2O2/c1-15-10-3-2-5-13-6-4-7-14-8-11-16-12-9-14/h13H,2-12H2,1H3. The minimum Gasteiger partial charge on any atom is -0.385 e. The molecule has 0 aromatic heterocycles. The van der Waals surface area contributed by atoms with Crippen molar-refractivity contribution < 1.29 is 9.47 Å². The Labute approximate surface area is 99.3 Å². The number of hydrogen-bond donors (Lipinski definition) is 1. The average Bonchev–Trinajstić information content (AvgIpc) is 2.34. The number of nitrogens with one attached hydrogen (secondary N) is 1. The molecule has 0 spiro atoms. The van der Waals surface area contributed by atoms with Crippen LogP contribution in [0.25, 0.3) is 0 Å². The van der Waals surface area contributed by atoms with E-state index in [0.717, 1.165) is 52.4 Å². The van der Waals surface area contributed by atoms with E-state index in [1.807, 2.05) is 0 Å². The molecule has 1 aliphatic rings. The molecule has 0 aromatic carbocycles. The fourth-order valence-corrected chi connectivity index (χ4v) is 1.87. The van der Waals surface area contributed by atoms with Crippen molar-refractivity contribution in [1.29, 1.82) is 0 Å². The summed E-state index contributed by atoms with van der Waals surface area (Å²) in [6, 6.07) is 0. The van der Waals surface area contributed by atoms with Gasteiger partial charge in [0.25, 0.3) is 0 Å². The molecular formula is C12H26N2O2. The van der Waals surface area contributed by atoms with Gasteiger partial charge in [-0.3, -0.25) is 4.90 Å². The van der Waals surface area contributed by atoms with Gasteiger partial charge in [-0.2, -0.15) is 0 Å². The van der Waals surface area contributed by atoms with Gasteiger partial charge in [-0.05, 0) is 38.9 Å². The lowest BCUT2D eigenvalue weighted by Gasteiger charge is -2.26. The molecule has 1 fully saturated rings. The SMILES string of the molecule is COCCCCNCCCN1CCOCC1. The second-order valence-corrected chi connectivity index (χ2v) is 4.26. The highest BCUT2D eigenvalue weighted by Crippen LogP contribution is 1.97. The van der Waals surface area contributed by atoms with Crippen LogP contribution in [0.15, 0.2) is 0 Å². The Bertz CT molecular complexity index is 150. The van der Waals surface area contributed by atoms with E-state index in [4.69, 9.17) is 9.47 Å². The molecule has 0 amide bonds. The van der Waals surface area contributed by atoms with Crippen molar-refractivity contribution in [2.75, 3.05) is 59.7 Å². The maximum atomic E-state index is 5.31. The lowest BCUT2D eigenvalue weighted by Crippen LogP contribution is -2.37. The van der Waals surface area contributed by atoms with E-state index in [1.54, 1.807) is 7.11 Å². The monoisotopic (exact) mass is 230 g/mol. The topological polar surface area (TPSA) is 33.7 Å². The quantitative estimate of drug-likeness (QED) is 0.592. The Morgan fingerprint density at radius 3 is 2.62 bits per heavy atom. The van der Waals surface area contributed by atoms with Crippen LogP contribution in [0.3, 0.4) is 0 Å². The summed E-state index contributed by atoms with van der Waals surface area (Å²) in [5.41, 5.74) is 0. The van der Waals surface area contributed by atoms with Crippen LogP contribution in [0.2, 0.25) is 0 Å². The minimum absolute atomic E-state index is 0.884. The summed E-state index contributed by atoms with van der Waals surface area (Å²) in [5, 5.41) is 3.47. The molecule has 4 nitrogen and oxygen atoms in total. The van der Waals surface area contributed by atoms with Crippen molar-refractivity contribution in [1.82, 2.24) is 10.2 Å². The summed E-state index contributed by atoms with van der Waals surface area (Å²) in [6.07, 6.45) is 3.61. The van der Waals surface area contributed by atoms with Gasteiger partial charge in [-0.1, -0.05) is 0 Å². The van der Waals surface area contributed by atoms with E-state index in [1.165, 1.54) is 19.4 Å². The van der Waals surface area contributed by atoms with Crippen LogP contribution in [-0.4, -0.2) is 64.6 Å². The van der Waals surface area contributed by atoms with E-state index in [2.05, 4.69) is 10.2 Å². The van der Waals surface area contributed by atoms with Crippen molar-refractivity contribution in [3.63, 3.8) is 0 Å². The van der Waals surface area contributed by atoms with Gasteiger partial charge in [0, 0.05) is 26.8 Å². The smallest absolute Gasteiger partial charge is 0.0594 e. The summed E-state index contributed by atoms with van der Waals surface area (Å²) < 4.78 is 10.3. The van der Waals surface area contributed by atoms with Crippen molar-refractivity contribution in [2.24, 2.45) is 0 Å². The lowest BCUT2D eigenvalue weighted by molar-refractivity contribution is 0.0374. The third kappa shape index (κ3) is 7.17. The van der Waals surface area contributed by atoms with Gasteiger partial charge in [-0.15, -0.1) is 0 Å². The van der Waals surface area contributed by atoms with Crippen LogP contribution < -0.4 is 5.32 Å². The first-order chi connectivity index (χ1) is 7.93. The summed E-state index contributed by atoms with van der Waals surface area (Å²) in [5.74, 6) is 0. The van der Waals surface area contributed by atoms with Crippen LogP contribution in [0, 0.1) is 0 Å². The molecule has 0 atom stereocenters. The predicted molar refractivity (Wildman–Crippen MR) is 65.9 cm³/mol. The fourth-order valence-electron chi connectivity index (χ4n) is 1.87. The molecule has 1 rings (SSSR count). The van der Waals surface area contributed by atoms with Crippen molar-refractivity contribution >= 4 is 0 Å². The van der Waals surface area contributed by atoms with Gasteiger partial charge in [0.1, 0.15) is 0 Å². The second-order valence-electron chi connectivity index (χ2n) is 4.26. The minimum atomic E-state index is 0.884. The summed E-state index contributed by atoms with van der Waals surface area (Å²) in [6.45, 7) is 8.36. The molecule has 1 N–H and O–H groups in total. The first-order valence-corrected chi connectivity index (χ1v) is 6.43. The van der Waals surface area contributed by atoms with E-state index >= 15 is 0 Å². The van der Waals surface area contributed by atoms with Gasteiger partial charge in [0.2, 0.25) is 0 Å². The third-order valence-electron chi connectivity index (χ3n) is 2.88. The van der Waals surface area contributed by atoms with Gasteiger partial charge in [-0.25, -0.2) is 0 Å². The Kier molecular flexibility index (Phi) is 8.71. The van der Waals surface area contributed by atoms with E-state index in [-0.39, 0.29) is 0 Å². The van der Waals surface area contributed by atoms with E-state index in [0.29, 0.717) is 0 Å². The number of methoxy groups -OCH3 is 1. The van der Waals surface area contributed by atoms with E-state index in [9.17, 15) is 0 Å². The molecule has 0 aliphatic carbocycles. The zero-order valence-corrected chi connectivity index (χ0v) is 10.5. The molecule has 0 radical (unpaired) electrons. The summed E-state index contributed by atoms with van der Waals surface area (Å²) in [4.78, 5) is 2.48. The molecule has 0 unspecified atom stereocenters. The molecule has 0 bridgehead atoms. The molecule has 96 valence electrons. The van der Waals surface area contributed by atoms with Crippen LogP contribution in [-0.2, 0) is 9.47 Å². The average molecular weight is 230 g/mol. The van der Waals surface area contributed by atoms with Gasteiger partial charge in [0.15, 0.2) is 0 Å². The Balaban J connectivity index is 1.77. The largest absolute Gasteiger partial charge is 0.385 e. The zero-order valence-electron chi connectivity index (χ0n) is 10.5. The zero-order chi connectivity index (χ0) is 11.5. The number of hydrogen-bond acceptors (Lipinski definition) is 4. The van der Waals surface area contributed by atoms with E-state index < -0.39 is 0 Å². The highest BCUT2D eigenvalue weighted by Gasteiger charge is 2.08. The third-order valence-corrected chi connectivity index (χ3v) is 2.88. The molecule has 1 aliphatic heterocycles. The number of rotatable bonds is 9. The number of morpholine rings is 1. The molecule has 1 heterocycles. The molecule has 1 saturated heterocycles. The Morgan fingerprint density at radius 2 is 1.88 bits per heavy atom. The predicted octanol–water partition coefficient (Wildman–Crippen LogP) is 0.725. The van der Waals surface area contributed by atoms with Crippen molar-refractivity contribution in [2.45, 2.75) is 19.3 Å². The maximum Gasteiger partial charge on any atom is 0.0594 e.